The number of nitrogen functional groups attached to an aromatic ring is 1. The summed E-state index contributed by atoms with van der Waals surface area (Å²) in [5.41, 5.74) is 5.83. The summed E-state index contributed by atoms with van der Waals surface area (Å²) in [5.74, 6) is 0.279. The molecule has 2 N–H and O–H groups in total. The molecule has 0 amide bonds. The normalized spacial score (nSPS) is 9.67. The lowest BCUT2D eigenvalue weighted by atomic mass is 10.5. The predicted octanol–water partition coefficient (Wildman–Crippen LogP) is 0.662. The van der Waals surface area contributed by atoms with Crippen LogP contribution >= 0.6 is 0 Å². The molecular formula is C7H10N4O. The number of rotatable bonds is 3. The van der Waals surface area contributed by atoms with Gasteiger partial charge in [0, 0.05) is 13.3 Å². The fourth-order valence-corrected chi connectivity index (χ4v) is 0.811. The summed E-state index contributed by atoms with van der Waals surface area (Å²) >= 11 is 0. The van der Waals surface area contributed by atoms with Crippen LogP contribution in [0.1, 0.15) is 0 Å². The van der Waals surface area contributed by atoms with Crippen molar-refractivity contribution in [1.82, 2.24) is 9.78 Å². The Balaban J connectivity index is 2.70. The van der Waals surface area contributed by atoms with E-state index < -0.39 is 0 Å². The van der Waals surface area contributed by atoms with E-state index in [2.05, 4.69) is 9.94 Å². The van der Waals surface area contributed by atoms with Crippen LogP contribution in [0.15, 0.2) is 6.20 Å². The molecule has 0 unspecified atom stereocenters. The minimum atomic E-state index is 0.279. The molecule has 1 heterocycles. The van der Waals surface area contributed by atoms with Crippen LogP contribution in [0.2, 0.25) is 0 Å². The molecule has 5 heteroatoms. The van der Waals surface area contributed by atoms with E-state index in [-0.39, 0.29) is 5.82 Å². The first-order chi connectivity index (χ1) is 5.77. The minimum absolute atomic E-state index is 0.279. The Bertz CT molecular complexity index is 299. The van der Waals surface area contributed by atoms with Crippen molar-refractivity contribution >= 4 is 11.5 Å². The van der Waals surface area contributed by atoms with Gasteiger partial charge in [-0.15, -0.1) is 0 Å². The zero-order valence-electron chi connectivity index (χ0n) is 6.82. The van der Waals surface area contributed by atoms with Crippen molar-refractivity contribution in [1.29, 1.82) is 0 Å². The molecule has 0 fully saturated rings. The fourth-order valence-electron chi connectivity index (χ4n) is 0.811. The molecule has 0 aliphatic carbocycles. The lowest BCUT2D eigenvalue weighted by Crippen LogP contribution is -2.04. The molecule has 64 valence electrons. The van der Waals surface area contributed by atoms with Crippen molar-refractivity contribution in [3.8, 4) is 0 Å². The molecule has 0 radical (unpaired) electrons. The van der Waals surface area contributed by atoms with Crippen LogP contribution < -0.4 is 5.73 Å². The smallest absolute Gasteiger partial charge is 0.247 e. The Hall–Kier alpha value is -1.54. The Morgan fingerprint density at radius 2 is 2.58 bits per heavy atom. The first-order valence-electron chi connectivity index (χ1n) is 3.47. The van der Waals surface area contributed by atoms with Crippen molar-refractivity contribution in [2.24, 2.45) is 0 Å². The van der Waals surface area contributed by atoms with Crippen molar-refractivity contribution in [2.45, 2.75) is 6.54 Å². The summed E-state index contributed by atoms with van der Waals surface area (Å²) in [6.07, 6.45) is 1.61. The first-order valence-corrected chi connectivity index (χ1v) is 3.47. The summed E-state index contributed by atoms with van der Waals surface area (Å²) in [5, 5.41) is 3.92. The second-order valence-corrected chi connectivity index (χ2v) is 2.27. The maximum atomic E-state index is 6.74. The number of methoxy groups -OCH3 is 1. The van der Waals surface area contributed by atoms with Crippen molar-refractivity contribution in [3.63, 3.8) is 0 Å². The van der Waals surface area contributed by atoms with Crippen LogP contribution in [0.3, 0.4) is 0 Å². The largest absolute Gasteiger partial charge is 0.391 e. The number of ether oxygens (including phenoxy) is 1. The molecular weight excluding hydrogens is 156 g/mol. The average molecular weight is 166 g/mol. The molecule has 5 nitrogen and oxygen atoms in total. The van der Waals surface area contributed by atoms with Gasteiger partial charge in [0.2, 0.25) is 5.69 Å². The lowest BCUT2D eigenvalue weighted by Gasteiger charge is -1.97. The molecule has 0 saturated carbocycles. The number of hydrogen-bond donors (Lipinski definition) is 1. The molecule has 0 bridgehead atoms. The van der Waals surface area contributed by atoms with Crippen LogP contribution in [0.4, 0.5) is 11.5 Å². The molecule has 1 aromatic rings. The summed E-state index contributed by atoms with van der Waals surface area (Å²) in [6.45, 7) is 7.92. The second-order valence-electron chi connectivity index (χ2n) is 2.27. The van der Waals surface area contributed by atoms with Gasteiger partial charge in [0.25, 0.3) is 0 Å². The maximum absolute atomic E-state index is 6.74. The van der Waals surface area contributed by atoms with Crippen LogP contribution in [0, 0.1) is 6.57 Å². The fraction of sp³-hybridized carbons (Fsp3) is 0.429. The van der Waals surface area contributed by atoms with Gasteiger partial charge in [-0.05, 0) is 0 Å². The number of aromatic nitrogens is 2. The van der Waals surface area contributed by atoms with E-state index in [4.69, 9.17) is 17.0 Å². The Labute approximate surface area is 70.6 Å². The molecule has 12 heavy (non-hydrogen) atoms. The minimum Gasteiger partial charge on any atom is -0.391 e. The van der Waals surface area contributed by atoms with Crippen LogP contribution in [0.25, 0.3) is 4.85 Å². The van der Waals surface area contributed by atoms with Gasteiger partial charge in [0.1, 0.15) is 0 Å². The van der Waals surface area contributed by atoms with E-state index in [0.29, 0.717) is 18.8 Å². The molecule has 1 rings (SSSR count). The van der Waals surface area contributed by atoms with E-state index in [1.54, 1.807) is 18.0 Å². The van der Waals surface area contributed by atoms with E-state index in [0.717, 1.165) is 0 Å². The summed E-state index contributed by atoms with van der Waals surface area (Å²) in [4.78, 5) is 3.20. The zero-order valence-corrected chi connectivity index (χ0v) is 6.82. The Morgan fingerprint density at radius 1 is 1.83 bits per heavy atom. The standard InChI is InChI=1S/C7H10N4O/c1-9-6-5-11(3-4-12-2)10-7(6)8/h5H,3-4H2,2H3,(H2,8,10). The van der Waals surface area contributed by atoms with Crippen LogP contribution in [-0.4, -0.2) is 23.5 Å². The van der Waals surface area contributed by atoms with Gasteiger partial charge in [-0.1, -0.05) is 0 Å². The summed E-state index contributed by atoms with van der Waals surface area (Å²) in [6, 6.07) is 0. The van der Waals surface area contributed by atoms with E-state index in [1.807, 2.05) is 0 Å². The molecule has 0 aliphatic heterocycles. The van der Waals surface area contributed by atoms with Crippen molar-refractivity contribution in [3.05, 3.63) is 17.6 Å². The second kappa shape index (κ2) is 3.74. The monoisotopic (exact) mass is 166 g/mol. The molecule has 1 aromatic heterocycles. The number of anilines is 1. The zero-order chi connectivity index (χ0) is 8.97. The highest BCUT2D eigenvalue weighted by Crippen LogP contribution is 2.18. The van der Waals surface area contributed by atoms with Gasteiger partial charge in [0.15, 0.2) is 5.82 Å². The molecule has 0 atom stereocenters. The highest BCUT2D eigenvalue weighted by Gasteiger charge is 2.03. The van der Waals surface area contributed by atoms with Gasteiger partial charge >= 0.3 is 0 Å². The van der Waals surface area contributed by atoms with E-state index in [9.17, 15) is 0 Å². The molecule has 0 aromatic carbocycles. The number of hydrogen-bond acceptors (Lipinski definition) is 3. The van der Waals surface area contributed by atoms with E-state index in [1.165, 1.54) is 0 Å². The maximum Gasteiger partial charge on any atom is 0.247 e. The molecule has 0 spiro atoms. The predicted molar refractivity (Wildman–Crippen MR) is 44.8 cm³/mol. The first kappa shape index (κ1) is 8.56. The van der Waals surface area contributed by atoms with Gasteiger partial charge in [0.05, 0.1) is 19.7 Å². The third kappa shape index (κ3) is 1.74. The van der Waals surface area contributed by atoms with Gasteiger partial charge < -0.3 is 10.5 Å². The van der Waals surface area contributed by atoms with Gasteiger partial charge in [-0.2, -0.15) is 5.10 Å². The highest BCUT2D eigenvalue weighted by molar-refractivity contribution is 5.61. The molecule has 0 aliphatic rings. The number of nitrogens with zero attached hydrogens (tertiary/aromatic N) is 3. The van der Waals surface area contributed by atoms with E-state index >= 15 is 0 Å². The highest BCUT2D eigenvalue weighted by atomic mass is 16.5. The van der Waals surface area contributed by atoms with Crippen LogP contribution in [-0.2, 0) is 11.3 Å². The van der Waals surface area contributed by atoms with Crippen molar-refractivity contribution in [2.75, 3.05) is 19.5 Å². The number of nitrogens with two attached hydrogens (primary N) is 1. The van der Waals surface area contributed by atoms with Crippen molar-refractivity contribution < 1.29 is 4.74 Å². The third-order valence-electron chi connectivity index (χ3n) is 1.41. The SMILES string of the molecule is [C-]#[N+]c1cn(CCOC)nc1N. The summed E-state index contributed by atoms with van der Waals surface area (Å²) < 4.78 is 6.45. The average Bonchev–Trinajstić information content (AvgIpc) is 2.43. The Morgan fingerprint density at radius 3 is 3.08 bits per heavy atom. The van der Waals surface area contributed by atoms with Crippen LogP contribution in [0.5, 0.6) is 0 Å². The summed E-state index contributed by atoms with van der Waals surface area (Å²) in [7, 11) is 1.61. The van der Waals surface area contributed by atoms with Gasteiger partial charge in [-0.25, -0.2) is 4.85 Å². The topological polar surface area (TPSA) is 57.4 Å². The Kier molecular flexibility index (Phi) is 2.66. The lowest BCUT2D eigenvalue weighted by molar-refractivity contribution is 0.183. The quantitative estimate of drug-likeness (QED) is 0.671. The third-order valence-corrected chi connectivity index (χ3v) is 1.41. The van der Waals surface area contributed by atoms with Gasteiger partial charge in [-0.3, -0.25) is 4.68 Å². The molecule has 0 saturated heterocycles.